The van der Waals surface area contributed by atoms with Crippen LogP contribution in [0.5, 0.6) is 0 Å². The van der Waals surface area contributed by atoms with Crippen LogP contribution < -0.4 is 0 Å². The minimum atomic E-state index is 0.384. The highest BCUT2D eigenvalue weighted by atomic mass is 16.5. The number of carbonyl (C=O) groups excluding carboxylic acids is 1. The molecule has 0 spiro atoms. The summed E-state index contributed by atoms with van der Waals surface area (Å²) in [6.07, 6.45) is 5.09. The maximum atomic E-state index is 9.92. The summed E-state index contributed by atoms with van der Waals surface area (Å²) >= 11 is 0. The van der Waals surface area contributed by atoms with Crippen molar-refractivity contribution in [2.24, 2.45) is 0 Å². The quantitative estimate of drug-likeness (QED) is 0.455. The molecule has 0 bridgehead atoms. The maximum Gasteiger partial charge on any atom is 0.294 e. The van der Waals surface area contributed by atoms with Crippen molar-refractivity contribution >= 4 is 6.47 Å². The highest BCUT2D eigenvalue weighted by molar-refractivity contribution is 5.36. The van der Waals surface area contributed by atoms with Gasteiger partial charge in [0.15, 0.2) is 0 Å². The first-order valence-corrected chi connectivity index (χ1v) is 5.18. The molecular formula is C10H19NO3. The predicted octanol–water partition coefficient (Wildman–Crippen LogP) is 1.01. The van der Waals surface area contributed by atoms with Gasteiger partial charge in [0.05, 0.1) is 6.10 Å². The fraction of sp³-hybridized carbons (Fsp3) is 0.900. The molecule has 1 fully saturated rings. The van der Waals surface area contributed by atoms with Gasteiger partial charge in [0.2, 0.25) is 0 Å². The third-order valence-electron chi connectivity index (χ3n) is 2.45. The first-order chi connectivity index (χ1) is 6.83. The second kappa shape index (κ2) is 6.79. The van der Waals surface area contributed by atoms with Crippen molar-refractivity contribution < 1.29 is 14.3 Å². The smallest absolute Gasteiger partial charge is 0.294 e. The van der Waals surface area contributed by atoms with Crippen molar-refractivity contribution in [1.82, 2.24) is 4.90 Å². The van der Waals surface area contributed by atoms with E-state index in [0.29, 0.717) is 19.3 Å². The molecule has 0 aromatic carbocycles. The Morgan fingerprint density at radius 2 is 2.50 bits per heavy atom. The van der Waals surface area contributed by atoms with Crippen molar-refractivity contribution in [3.05, 3.63) is 0 Å². The number of ether oxygens (including phenoxy) is 2. The van der Waals surface area contributed by atoms with Gasteiger partial charge in [-0.2, -0.15) is 0 Å². The summed E-state index contributed by atoms with van der Waals surface area (Å²) in [5, 5.41) is 0. The third-order valence-corrected chi connectivity index (χ3v) is 2.45. The lowest BCUT2D eigenvalue weighted by atomic mass is 10.1. The van der Waals surface area contributed by atoms with E-state index in [1.807, 2.05) is 11.9 Å². The van der Waals surface area contributed by atoms with E-state index in [1.54, 1.807) is 0 Å². The Morgan fingerprint density at radius 1 is 1.64 bits per heavy atom. The maximum absolute atomic E-state index is 9.92. The topological polar surface area (TPSA) is 38.8 Å². The largest absolute Gasteiger partial charge is 0.452 e. The lowest BCUT2D eigenvalue weighted by molar-refractivity contribution is -0.132. The van der Waals surface area contributed by atoms with Crippen LogP contribution in [0.4, 0.5) is 0 Å². The van der Waals surface area contributed by atoms with E-state index in [1.165, 1.54) is 12.8 Å². The van der Waals surface area contributed by atoms with Gasteiger partial charge in [-0.05, 0) is 32.7 Å². The van der Waals surface area contributed by atoms with E-state index in [4.69, 9.17) is 4.74 Å². The molecule has 0 aliphatic carbocycles. The van der Waals surface area contributed by atoms with Gasteiger partial charge < -0.3 is 9.47 Å². The number of rotatable bonds is 7. The van der Waals surface area contributed by atoms with Crippen molar-refractivity contribution in [2.45, 2.75) is 31.8 Å². The van der Waals surface area contributed by atoms with Gasteiger partial charge in [0.25, 0.3) is 6.47 Å². The summed E-state index contributed by atoms with van der Waals surface area (Å²) < 4.78 is 10.1. The highest BCUT2D eigenvalue weighted by Crippen LogP contribution is 2.16. The molecule has 0 N–H and O–H groups in total. The van der Waals surface area contributed by atoms with E-state index in [0.717, 1.165) is 26.0 Å². The molecule has 1 heterocycles. The van der Waals surface area contributed by atoms with Gasteiger partial charge in [-0.3, -0.25) is 9.69 Å². The van der Waals surface area contributed by atoms with Crippen LogP contribution in [0.15, 0.2) is 0 Å². The van der Waals surface area contributed by atoms with Crippen molar-refractivity contribution in [1.29, 1.82) is 0 Å². The van der Waals surface area contributed by atoms with Gasteiger partial charge in [0, 0.05) is 13.2 Å². The summed E-state index contributed by atoms with van der Waals surface area (Å²) in [7, 11) is 1.94. The van der Waals surface area contributed by atoms with Crippen LogP contribution in [0, 0.1) is 0 Å². The molecule has 1 unspecified atom stereocenters. The molecule has 82 valence electrons. The van der Waals surface area contributed by atoms with Gasteiger partial charge in [-0.25, -0.2) is 0 Å². The van der Waals surface area contributed by atoms with E-state index in [2.05, 4.69) is 4.74 Å². The summed E-state index contributed by atoms with van der Waals surface area (Å²) in [5.74, 6) is 0. The average Bonchev–Trinajstić information content (AvgIpc) is 2.67. The third kappa shape index (κ3) is 4.58. The van der Waals surface area contributed by atoms with E-state index in [-0.39, 0.29) is 0 Å². The first-order valence-electron chi connectivity index (χ1n) is 5.18. The Morgan fingerprint density at radius 3 is 3.14 bits per heavy atom. The van der Waals surface area contributed by atoms with Crippen molar-refractivity contribution in [3.63, 3.8) is 0 Å². The van der Waals surface area contributed by atoms with E-state index < -0.39 is 0 Å². The Labute approximate surface area is 85.2 Å². The zero-order valence-corrected chi connectivity index (χ0v) is 8.78. The predicted molar refractivity (Wildman–Crippen MR) is 52.9 cm³/mol. The molecule has 0 aromatic rings. The second-order valence-corrected chi connectivity index (χ2v) is 3.75. The average molecular weight is 201 g/mol. The van der Waals surface area contributed by atoms with Crippen LogP contribution in [0.1, 0.15) is 25.7 Å². The molecule has 4 heteroatoms. The van der Waals surface area contributed by atoms with Crippen LogP contribution in [0.3, 0.4) is 0 Å². The molecule has 0 amide bonds. The SMILES string of the molecule is CN(CCCC1CCCO1)COC=O. The number of hydrogen-bond acceptors (Lipinski definition) is 4. The highest BCUT2D eigenvalue weighted by Gasteiger charge is 2.14. The molecular weight excluding hydrogens is 182 g/mol. The molecule has 0 aromatic heterocycles. The molecule has 1 aliphatic rings. The van der Waals surface area contributed by atoms with Crippen LogP contribution in [0.25, 0.3) is 0 Å². The Kier molecular flexibility index (Phi) is 5.56. The molecule has 0 radical (unpaired) electrons. The van der Waals surface area contributed by atoms with Crippen LogP contribution in [0.2, 0.25) is 0 Å². The molecule has 1 saturated heterocycles. The summed E-state index contributed by atoms with van der Waals surface area (Å²) in [6, 6.07) is 0. The minimum absolute atomic E-state index is 0.384. The molecule has 1 rings (SSSR count). The van der Waals surface area contributed by atoms with Crippen LogP contribution in [-0.2, 0) is 14.3 Å². The minimum Gasteiger partial charge on any atom is -0.452 e. The molecule has 1 atom stereocenters. The number of carbonyl (C=O) groups is 1. The summed E-state index contributed by atoms with van der Waals surface area (Å²) in [5.41, 5.74) is 0. The van der Waals surface area contributed by atoms with Crippen molar-refractivity contribution in [2.75, 3.05) is 26.9 Å². The first kappa shape index (κ1) is 11.5. The normalized spacial score (nSPS) is 21.4. The zero-order valence-electron chi connectivity index (χ0n) is 8.78. The standard InChI is InChI=1S/C10H19NO3/c1-11(8-13-9-12)6-2-4-10-5-3-7-14-10/h9-10H,2-8H2,1H3. The summed E-state index contributed by atoms with van der Waals surface area (Å²) in [6.45, 7) is 2.74. The van der Waals surface area contributed by atoms with Gasteiger partial charge in [-0.15, -0.1) is 0 Å². The Balaban J connectivity index is 1.93. The second-order valence-electron chi connectivity index (χ2n) is 3.75. The fourth-order valence-electron chi connectivity index (χ4n) is 1.68. The Hall–Kier alpha value is -0.610. The number of hydrogen-bond donors (Lipinski definition) is 0. The lowest BCUT2D eigenvalue weighted by Gasteiger charge is -2.16. The summed E-state index contributed by atoms with van der Waals surface area (Å²) in [4.78, 5) is 11.9. The number of nitrogens with zero attached hydrogens (tertiary/aromatic N) is 1. The van der Waals surface area contributed by atoms with Gasteiger partial charge >= 0.3 is 0 Å². The molecule has 14 heavy (non-hydrogen) atoms. The van der Waals surface area contributed by atoms with Gasteiger partial charge in [-0.1, -0.05) is 0 Å². The van der Waals surface area contributed by atoms with Crippen molar-refractivity contribution in [3.8, 4) is 0 Å². The van der Waals surface area contributed by atoms with E-state index in [9.17, 15) is 4.79 Å². The molecule has 0 saturated carbocycles. The van der Waals surface area contributed by atoms with Crippen LogP contribution in [-0.4, -0.2) is 44.4 Å². The molecule has 1 aliphatic heterocycles. The Bertz CT molecular complexity index is 157. The van der Waals surface area contributed by atoms with Crippen LogP contribution >= 0.6 is 0 Å². The zero-order chi connectivity index (χ0) is 10.2. The molecule has 4 nitrogen and oxygen atoms in total. The van der Waals surface area contributed by atoms with Gasteiger partial charge in [0.1, 0.15) is 6.73 Å². The fourth-order valence-corrected chi connectivity index (χ4v) is 1.68. The monoisotopic (exact) mass is 201 g/mol. The van der Waals surface area contributed by atoms with E-state index >= 15 is 0 Å². The lowest BCUT2D eigenvalue weighted by Crippen LogP contribution is -2.23.